The van der Waals surface area contributed by atoms with E-state index < -0.39 is 18.3 Å². The monoisotopic (exact) mass is 230 g/mol. The molecule has 0 spiro atoms. The average molecular weight is 230 g/mol. The Morgan fingerprint density at radius 3 is 2.80 bits per heavy atom. The first kappa shape index (κ1) is 9.66. The molecule has 0 unspecified atom stereocenters. The van der Waals surface area contributed by atoms with Crippen molar-refractivity contribution in [2.24, 2.45) is 0 Å². The Balaban J connectivity index is 2.28. The van der Waals surface area contributed by atoms with Crippen molar-refractivity contribution in [3.63, 3.8) is 0 Å². The summed E-state index contributed by atoms with van der Waals surface area (Å²) in [6, 6.07) is 0. The van der Waals surface area contributed by atoms with Crippen LogP contribution in [0.25, 0.3) is 0 Å². The number of rotatable bonds is 2. The van der Waals surface area contributed by atoms with E-state index in [0.717, 1.165) is 11.3 Å². The molecule has 1 aliphatic rings. The Hall–Kier alpha value is -1.89. The normalized spacial score (nSPS) is 14.1. The molecule has 0 aliphatic carbocycles. The van der Waals surface area contributed by atoms with Crippen LogP contribution in [0.3, 0.4) is 0 Å². The van der Waals surface area contributed by atoms with Crippen LogP contribution in [0, 0.1) is 0 Å². The SMILES string of the molecule is O=C(O)CC1=C(O)Oc2c(csc2O)O1. The number of hydrogen-bond donors (Lipinski definition) is 3. The summed E-state index contributed by atoms with van der Waals surface area (Å²) in [5.74, 6) is -1.77. The Morgan fingerprint density at radius 1 is 1.40 bits per heavy atom. The molecule has 0 fully saturated rings. The lowest BCUT2D eigenvalue weighted by atomic mass is 10.3. The van der Waals surface area contributed by atoms with Gasteiger partial charge >= 0.3 is 11.9 Å². The van der Waals surface area contributed by atoms with Crippen molar-refractivity contribution in [3.05, 3.63) is 17.1 Å². The Labute approximate surface area is 87.6 Å². The molecule has 0 saturated heterocycles. The van der Waals surface area contributed by atoms with Crippen molar-refractivity contribution in [3.8, 4) is 16.6 Å². The lowest BCUT2D eigenvalue weighted by Crippen LogP contribution is -2.13. The summed E-state index contributed by atoms with van der Waals surface area (Å²) >= 11 is 0.963. The molecule has 1 aromatic heterocycles. The molecular formula is C8H6O6S. The predicted octanol–water partition coefficient (Wildman–Crippen LogP) is 1.43. The average Bonchev–Trinajstić information content (AvgIpc) is 2.48. The van der Waals surface area contributed by atoms with Gasteiger partial charge in [-0.1, -0.05) is 11.3 Å². The summed E-state index contributed by atoms with van der Waals surface area (Å²) in [6.07, 6.45) is -0.484. The Bertz CT molecular complexity index is 446. The van der Waals surface area contributed by atoms with Gasteiger partial charge in [-0.15, -0.1) is 0 Å². The molecule has 2 heterocycles. The highest BCUT2D eigenvalue weighted by atomic mass is 32.1. The van der Waals surface area contributed by atoms with Crippen LogP contribution in [0.1, 0.15) is 6.42 Å². The predicted molar refractivity (Wildman–Crippen MR) is 49.1 cm³/mol. The second-order valence-corrected chi connectivity index (χ2v) is 3.60. The number of carbonyl (C=O) groups is 1. The van der Waals surface area contributed by atoms with E-state index in [1.807, 2.05) is 0 Å². The Kier molecular flexibility index (Phi) is 2.16. The lowest BCUT2D eigenvalue weighted by molar-refractivity contribution is -0.136. The minimum Gasteiger partial charge on any atom is -0.497 e. The van der Waals surface area contributed by atoms with Gasteiger partial charge in [0.2, 0.25) is 10.8 Å². The number of carboxylic acid groups (broad SMARTS) is 1. The quantitative estimate of drug-likeness (QED) is 0.711. The van der Waals surface area contributed by atoms with Crippen molar-refractivity contribution < 1.29 is 29.6 Å². The second-order valence-electron chi connectivity index (χ2n) is 2.74. The minimum absolute atomic E-state index is 0.00615. The van der Waals surface area contributed by atoms with Gasteiger partial charge in [0.05, 0.1) is 0 Å². The van der Waals surface area contributed by atoms with Crippen molar-refractivity contribution in [2.45, 2.75) is 6.42 Å². The maximum Gasteiger partial charge on any atom is 0.323 e. The van der Waals surface area contributed by atoms with Gasteiger partial charge in [-0.05, 0) is 0 Å². The number of aromatic hydroxyl groups is 1. The second kappa shape index (κ2) is 3.35. The molecule has 2 rings (SSSR count). The van der Waals surface area contributed by atoms with Crippen LogP contribution < -0.4 is 9.47 Å². The first-order chi connectivity index (χ1) is 7.08. The number of fused-ring (bicyclic) bond motifs is 1. The summed E-state index contributed by atoms with van der Waals surface area (Å²) in [4.78, 5) is 10.4. The van der Waals surface area contributed by atoms with Crippen LogP contribution >= 0.6 is 11.3 Å². The molecule has 6 nitrogen and oxygen atoms in total. The molecule has 0 radical (unpaired) electrons. The molecule has 7 heteroatoms. The van der Waals surface area contributed by atoms with E-state index in [1.165, 1.54) is 5.38 Å². The zero-order valence-electron chi connectivity index (χ0n) is 7.26. The highest BCUT2D eigenvalue weighted by Gasteiger charge is 2.27. The standard InChI is InChI=1S/C8H6O6S/c9-5(10)1-3-7(11)14-6-4(13-3)2-15-8(6)12/h2,11-12H,1H2,(H,9,10). The van der Waals surface area contributed by atoms with Crippen LogP contribution in [-0.4, -0.2) is 21.3 Å². The summed E-state index contributed by atoms with van der Waals surface area (Å²) in [6.45, 7) is 0. The topological polar surface area (TPSA) is 96.2 Å². The molecule has 0 saturated carbocycles. The van der Waals surface area contributed by atoms with E-state index in [1.54, 1.807) is 0 Å². The molecule has 0 bridgehead atoms. The van der Waals surface area contributed by atoms with Crippen molar-refractivity contribution in [1.29, 1.82) is 0 Å². The van der Waals surface area contributed by atoms with E-state index in [2.05, 4.69) is 0 Å². The molecule has 1 aliphatic heterocycles. The number of aliphatic carboxylic acids is 1. The third kappa shape index (κ3) is 1.68. The van der Waals surface area contributed by atoms with Crippen LogP contribution in [0.4, 0.5) is 0 Å². The fraction of sp³-hybridized carbons (Fsp3) is 0.125. The fourth-order valence-electron chi connectivity index (χ4n) is 1.07. The first-order valence-electron chi connectivity index (χ1n) is 3.88. The van der Waals surface area contributed by atoms with Crippen LogP contribution in [0.15, 0.2) is 17.1 Å². The largest absolute Gasteiger partial charge is 0.497 e. The smallest absolute Gasteiger partial charge is 0.323 e. The number of aliphatic hydroxyl groups excluding tert-OH is 1. The van der Waals surface area contributed by atoms with Gasteiger partial charge in [-0.3, -0.25) is 4.79 Å². The zero-order valence-corrected chi connectivity index (χ0v) is 8.08. The van der Waals surface area contributed by atoms with Crippen molar-refractivity contribution in [1.82, 2.24) is 0 Å². The maximum atomic E-state index is 10.4. The minimum atomic E-state index is -1.15. The molecule has 15 heavy (non-hydrogen) atoms. The van der Waals surface area contributed by atoms with Gasteiger partial charge < -0.3 is 24.8 Å². The van der Waals surface area contributed by atoms with Gasteiger partial charge in [-0.2, -0.15) is 0 Å². The van der Waals surface area contributed by atoms with E-state index in [4.69, 9.17) is 14.6 Å². The van der Waals surface area contributed by atoms with Crippen LogP contribution in [-0.2, 0) is 4.79 Å². The fourth-order valence-corrected chi connectivity index (χ4v) is 1.69. The lowest BCUT2D eigenvalue weighted by Gasteiger charge is -2.16. The number of ether oxygens (including phenoxy) is 2. The Morgan fingerprint density at radius 2 is 2.13 bits per heavy atom. The summed E-state index contributed by atoms with van der Waals surface area (Å²) in [7, 11) is 0. The summed E-state index contributed by atoms with van der Waals surface area (Å²) < 4.78 is 9.87. The molecule has 0 amide bonds. The van der Waals surface area contributed by atoms with Gasteiger partial charge in [0.25, 0.3) is 0 Å². The summed E-state index contributed by atoms with van der Waals surface area (Å²) in [5, 5.41) is 28.3. The number of hydrogen-bond acceptors (Lipinski definition) is 6. The number of aliphatic hydroxyl groups is 1. The first-order valence-corrected chi connectivity index (χ1v) is 4.76. The molecule has 0 atom stereocenters. The molecule has 3 N–H and O–H groups in total. The van der Waals surface area contributed by atoms with E-state index >= 15 is 0 Å². The van der Waals surface area contributed by atoms with Gasteiger partial charge in [-0.25, -0.2) is 0 Å². The van der Waals surface area contributed by atoms with Crippen molar-refractivity contribution >= 4 is 17.3 Å². The number of thiophene rings is 1. The molecule has 80 valence electrons. The van der Waals surface area contributed by atoms with Gasteiger partial charge in [0, 0.05) is 5.38 Å². The zero-order chi connectivity index (χ0) is 11.0. The van der Waals surface area contributed by atoms with Crippen LogP contribution in [0.5, 0.6) is 16.6 Å². The molecule has 0 aromatic carbocycles. The highest BCUT2D eigenvalue weighted by molar-refractivity contribution is 7.12. The van der Waals surface area contributed by atoms with E-state index in [0.29, 0.717) is 0 Å². The third-order valence-corrected chi connectivity index (χ3v) is 2.42. The summed E-state index contributed by atoms with van der Waals surface area (Å²) in [5.41, 5.74) is 0. The molecular weight excluding hydrogens is 224 g/mol. The maximum absolute atomic E-state index is 10.4. The van der Waals surface area contributed by atoms with Gasteiger partial charge in [0.1, 0.15) is 6.42 Å². The van der Waals surface area contributed by atoms with Crippen molar-refractivity contribution in [2.75, 3.05) is 0 Å². The number of carboxylic acids is 1. The van der Waals surface area contributed by atoms with E-state index in [9.17, 15) is 15.0 Å². The van der Waals surface area contributed by atoms with E-state index in [-0.39, 0.29) is 22.3 Å². The molecule has 1 aromatic rings. The van der Waals surface area contributed by atoms with Crippen LogP contribution in [0.2, 0.25) is 0 Å². The highest BCUT2D eigenvalue weighted by Crippen LogP contribution is 2.47. The third-order valence-electron chi connectivity index (χ3n) is 1.68. The van der Waals surface area contributed by atoms with Gasteiger partial charge in [0.15, 0.2) is 11.5 Å².